The van der Waals surface area contributed by atoms with E-state index in [-0.39, 0.29) is 11.3 Å². The van der Waals surface area contributed by atoms with E-state index in [1.165, 1.54) is 42.5 Å². The van der Waals surface area contributed by atoms with Crippen molar-refractivity contribution < 1.29 is 32.2 Å². The highest BCUT2D eigenvalue weighted by atomic mass is 19.3. The minimum atomic E-state index is -2.94. The molecule has 1 amide bonds. The number of carbonyl (C=O) groups is 2. The first-order valence-electron chi connectivity index (χ1n) is 6.71. The summed E-state index contributed by atoms with van der Waals surface area (Å²) in [6.45, 7) is -3.52. The summed E-state index contributed by atoms with van der Waals surface area (Å²) in [4.78, 5) is 23.3. The first-order chi connectivity index (χ1) is 11.4. The second kappa shape index (κ2) is 8.00. The van der Waals surface area contributed by atoms with Crippen molar-refractivity contribution >= 4 is 17.6 Å². The lowest BCUT2D eigenvalue weighted by Crippen LogP contribution is -2.21. The van der Waals surface area contributed by atoms with Crippen molar-refractivity contribution in [1.82, 2.24) is 0 Å². The molecule has 5 nitrogen and oxygen atoms in total. The molecule has 0 saturated heterocycles. The van der Waals surface area contributed by atoms with E-state index in [1.807, 2.05) is 0 Å². The van der Waals surface area contributed by atoms with Gasteiger partial charge in [0.1, 0.15) is 11.6 Å². The van der Waals surface area contributed by atoms with Crippen molar-refractivity contribution in [1.29, 1.82) is 0 Å². The molecule has 2 rings (SSSR count). The summed E-state index contributed by atoms with van der Waals surface area (Å²) in [5.41, 5.74) is 0.291. The third-order valence-electron chi connectivity index (χ3n) is 2.76. The van der Waals surface area contributed by atoms with Crippen molar-refractivity contribution in [3.05, 3.63) is 59.9 Å². The van der Waals surface area contributed by atoms with E-state index in [1.54, 1.807) is 0 Å². The molecule has 0 unspecified atom stereocenters. The second-order valence-corrected chi connectivity index (χ2v) is 4.54. The first kappa shape index (κ1) is 17.3. The van der Waals surface area contributed by atoms with Gasteiger partial charge >= 0.3 is 12.6 Å². The molecular formula is C16H12F3NO4. The van der Waals surface area contributed by atoms with E-state index in [0.29, 0.717) is 5.69 Å². The smallest absolute Gasteiger partial charge is 0.387 e. The lowest BCUT2D eigenvalue weighted by atomic mass is 10.2. The van der Waals surface area contributed by atoms with E-state index in [4.69, 9.17) is 4.74 Å². The van der Waals surface area contributed by atoms with Gasteiger partial charge in [-0.2, -0.15) is 8.78 Å². The Hall–Kier alpha value is -3.03. The second-order valence-electron chi connectivity index (χ2n) is 4.54. The quantitative estimate of drug-likeness (QED) is 0.821. The Morgan fingerprint density at radius 3 is 2.42 bits per heavy atom. The number of amides is 1. The largest absolute Gasteiger partial charge is 0.452 e. The van der Waals surface area contributed by atoms with Crippen LogP contribution in [0.5, 0.6) is 5.75 Å². The number of hydrogen-bond donors (Lipinski definition) is 1. The molecule has 1 N–H and O–H groups in total. The molecule has 8 heteroatoms. The van der Waals surface area contributed by atoms with Gasteiger partial charge in [0.15, 0.2) is 6.61 Å². The van der Waals surface area contributed by atoms with Crippen molar-refractivity contribution in [3.8, 4) is 5.75 Å². The molecule has 0 radical (unpaired) electrons. The highest BCUT2D eigenvalue weighted by Gasteiger charge is 2.11. The van der Waals surface area contributed by atoms with Crippen molar-refractivity contribution in [2.45, 2.75) is 6.61 Å². The van der Waals surface area contributed by atoms with Gasteiger partial charge in [-0.3, -0.25) is 4.79 Å². The number of benzene rings is 2. The summed E-state index contributed by atoms with van der Waals surface area (Å²) in [7, 11) is 0. The van der Waals surface area contributed by atoms with Gasteiger partial charge in [0.25, 0.3) is 5.91 Å². The van der Waals surface area contributed by atoms with E-state index in [0.717, 1.165) is 6.07 Å². The Labute approximate surface area is 135 Å². The molecule has 0 fully saturated rings. The molecule has 0 saturated carbocycles. The van der Waals surface area contributed by atoms with Crippen LogP contribution in [0.15, 0.2) is 48.5 Å². The number of alkyl halides is 2. The molecule has 0 spiro atoms. The third-order valence-corrected chi connectivity index (χ3v) is 2.76. The van der Waals surface area contributed by atoms with Crippen LogP contribution in [-0.4, -0.2) is 25.1 Å². The van der Waals surface area contributed by atoms with Gasteiger partial charge in [-0.1, -0.05) is 6.07 Å². The Morgan fingerprint density at radius 1 is 1.08 bits per heavy atom. The lowest BCUT2D eigenvalue weighted by molar-refractivity contribution is -0.119. The summed E-state index contributed by atoms with van der Waals surface area (Å²) < 4.78 is 45.9. The van der Waals surface area contributed by atoms with Gasteiger partial charge in [-0.15, -0.1) is 0 Å². The SMILES string of the molecule is O=C(COC(=O)c1cccc(F)c1)Nc1ccc(OC(F)F)cc1. The average Bonchev–Trinajstić information content (AvgIpc) is 2.54. The van der Waals surface area contributed by atoms with Crippen LogP contribution in [0.25, 0.3) is 0 Å². The standard InChI is InChI=1S/C16H12F3NO4/c17-11-3-1-2-10(8-11)15(22)23-9-14(21)20-12-4-6-13(7-5-12)24-16(18)19/h1-8,16H,9H2,(H,20,21). The number of ether oxygens (including phenoxy) is 2. The molecule has 0 atom stereocenters. The highest BCUT2D eigenvalue weighted by Crippen LogP contribution is 2.17. The summed E-state index contributed by atoms with van der Waals surface area (Å²) >= 11 is 0. The van der Waals surface area contributed by atoms with Gasteiger partial charge in [-0.05, 0) is 42.5 Å². The highest BCUT2D eigenvalue weighted by molar-refractivity contribution is 5.95. The Bertz CT molecular complexity index is 720. The van der Waals surface area contributed by atoms with Gasteiger partial charge in [0.05, 0.1) is 5.56 Å². The molecule has 0 bridgehead atoms. The minimum Gasteiger partial charge on any atom is -0.452 e. The van der Waals surface area contributed by atoms with Crippen LogP contribution >= 0.6 is 0 Å². The zero-order valence-corrected chi connectivity index (χ0v) is 12.2. The predicted octanol–water partition coefficient (Wildman–Crippen LogP) is 3.22. The fraction of sp³-hybridized carbons (Fsp3) is 0.125. The van der Waals surface area contributed by atoms with Crippen LogP contribution in [0.4, 0.5) is 18.9 Å². The molecule has 0 aliphatic rings. The first-order valence-corrected chi connectivity index (χ1v) is 6.71. The van der Waals surface area contributed by atoms with Crippen LogP contribution < -0.4 is 10.1 Å². The molecule has 0 aliphatic heterocycles. The Balaban J connectivity index is 1.83. The zero-order chi connectivity index (χ0) is 17.5. The molecule has 0 aromatic heterocycles. The maximum Gasteiger partial charge on any atom is 0.387 e. The van der Waals surface area contributed by atoms with Crippen LogP contribution in [0.2, 0.25) is 0 Å². The summed E-state index contributed by atoms with van der Waals surface area (Å²) in [5, 5.41) is 2.41. The average molecular weight is 339 g/mol. The van der Waals surface area contributed by atoms with Gasteiger partial charge in [0.2, 0.25) is 0 Å². The predicted molar refractivity (Wildman–Crippen MR) is 78.4 cm³/mol. The molecule has 0 aliphatic carbocycles. The van der Waals surface area contributed by atoms with Crippen molar-refractivity contribution in [2.24, 2.45) is 0 Å². The monoisotopic (exact) mass is 339 g/mol. The van der Waals surface area contributed by atoms with E-state index >= 15 is 0 Å². The third kappa shape index (κ3) is 5.31. The summed E-state index contributed by atoms with van der Waals surface area (Å²) in [5.74, 6) is -2.13. The molecule has 126 valence electrons. The molecule has 24 heavy (non-hydrogen) atoms. The van der Waals surface area contributed by atoms with E-state index in [2.05, 4.69) is 10.1 Å². The van der Waals surface area contributed by atoms with Crippen molar-refractivity contribution in [3.63, 3.8) is 0 Å². The number of halogens is 3. The van der Waals surface area contributed by atoms with Gasteiger partial charge in [-0.25, -0.2) is 9.18 Å². The number of hydrogen-bond acceptors (Lipinski definition) is 4. The number of anilines is 1. The molecule has 0 heterocycles. The Morgan fingerprint density at radius 2 is 1.79 bits per heavy atom. The number of rotatable bonds is 6. The lowest BCUT2D eigenvalue weighted by Gasteiger charge is -2.08. The van der Waals surface area contributed by atoms with E-state index < -0.39 is 30.9 Å². The van der Waals surface area contributed by atoms with Crippen molar-refractivity contribution in [2.75, 3.05) is 11.9 Å². The molecular weight excluding hydrogens is 327 g/mol. The normalized spacial score (nSPS) is 10.3. The fourth-order valence-electron chi connectivity index (χ4n) is 1.75. The maximum absolute atomic E-state index is 13.0. The molecule has 2 aromatic carbocycles. The summed E-state index contributed by atoms with van der Waals surface area (Å²) in [6, 6.07) is 10.1. The van der Waals surface area contributed by atoms with Gasteiger partial charge < -0.3 is 14.8 Å². The van der Waals surface area contributed by atoms with Crippen LogP contribution in [0.3, 0.4) is 0 Å². The number of carbonyl (C=O) groups excluding carboxylic acids is 2. The van der Waals surface area contributed by atoms with Crippen LogP contribution in [0, 0.1) is 5.82 Å². The zero-order valence-electron chi connectivity index (χ0n) is 12.2. The van der Waals surface area contributed by atoms with Gasteiger partial charge in [0, 0.05) is 5.69 Å². The van der Waals surface area contributed by atoms with Crippen LogP contribution in [-0.2, 0) is 9.53 Å². The topological polar surface area (TPSA) is 64.6 Å². The number of nitrogens with one attached hydrogen (secondary N) is 1. The fourth-order valence-corrected chi connectivity index (χ4v) is 1.75. The number of esters is 1. The summed E-state index contributed by atoms with van der Waals surface area (Å²) in [6.07, 6.45) is 0. The van der Waals surface area contributed by atoms with E-state index in [9.17, 15) is 22.8 Å². The van der Waals surface area contributed by atoms with Crippen LogP contribution in [0.1, 0.15) is 10.4 Å². The minimum absolute atomic E-state index is 0.0173. The molecule has 2 aromatic rings. The Kier molecular flexibility index (Phi) is 5.78. The maximum atomic E-state index is 13.0.